The lowest BCUT2D eigenvalue weighted by atomic mass is 10.0. The van der Waals surface area contributed by atoms with Gasteiger partial charge < -0.3 is 4.74 Å². The highest BCUT2D eigenvalue weighted by Crippen LogP contribution is 2.34. The van der Waals surface area contributed by atoms with Crippen LogP contribution in [0.5, 0.6) is 5.75 Å². The molecule has 0 aliphatic carbocycles. The van der Waals surface area contributed by atoms with E-state index in [4.69, 9.17) is 4.74 Å². The van der Waals surface area contributed by atoms with Crippen molar-refractivity contribution >= 4 is 5.69 Å². The summed E-state index contributed by atoms with van der Waals surface area (Å²) < 4.78 is 33.1. The maximum Gasteiger partial charge on any atom is 0.308 e. The second-order valence-corrected chi connectivity index (χ2v) is 5.32. The molecule has 3 aromatic rings. The SMILES string of the molecule is O=[N+]([O-])c1cc(-c2ccccc2OCc2ccccc2)cc(F)c1F. The number of nitro groups is 1. The normalized spacial score (nSPS) is 10.5. The first-order valence-corrected chi connectivity index (χ1v) is 7.46. The van der Waals surface area contributed by atoms with Crippen LogP contribution >= 0.6 is 0 Å². The molecule has 6 heteroatoms. The number of benzene rings is 3. The van der Waals surface area contributed by atoms with Crippen LogP contribution in [0.4, 0.5) is 14.5 Å². The maximum absolute atomic E-state index is 13.7. The molecule has 0 bridgehead atoms. The highest BCUT2D eigenvalue weighted by Gasteiger charge is 2.21. The van der Waals surface area contributed by atoms with E-state index >= 15 is 0 Å². The fraction of sp³-hybridized carbons (Fsp3) is 0.0526. The molecule has 0 radical (unpaired) electrons. The van der Waals surface area contributed by atoms with Gasteiger partial charge in [0.05, 0.1) is 4.92 Å². The van der Waals surface area contributed by atoms with Crippen molar-refractivity contribution in [2.75, 3.05) is 0 Å². The van der Waals surface area contributed by atoms with Gasteiger partial charge in [0.15, 0.2) is 5.82 Å². The maximum atomic E-state index is 13.7. The predicted octanol–water partition coefficient (Wildman–Crippen LogP) is 5.12. The van der Waals surface area contributed by atoms with E-state index in [1.165, 1.54) is 0 Å². The minimum Gasteiger partial charge on any atom is -0.488 e. The van der Waals surface area contributed by atoms with Gasteiger partial charge in [0, 0.05) is 11.6 Å². The molecular formula is C19H13F2NO3. The molecule has 0 saturated carbocycles. The Labute approximate surface area is 142 Å². The first-order valence-electron chi connectivity index (χ1n) is 7.46. The summed E-state index contributed by atoms with van der Waals surface area (Å²) in [5, 5.41) is 10.9. The van der Waals surface area contributed by atoms with Crippen LogP contribution in [0, 0.1) is 21.7 Å². The van der Waals surface area contributed by atoms with Crippen LogP contribution in [0.3, 0.4) is 0 Å². The largest absolute Gasteiger partial charge is 0.488 e. The molecule has 0 fully saturated rings. The van der Waals surface area contributed by atoms with Crippen molar-refractivity contribution in [3.63, 3.8) is 0 Å². The van der Waals surface area contributed by atoms with E-state index in [2.05, 4.69) is 0 Å². The van der Waals surface area contributed by atoms with Crippen LogP contribution in [0.1, 0.15) is 5.56 Å². The van der Waals surface area contributed by atoms with E-state index in [1.807, 2.05) is 30.3 Å². The molecule has 0 heterocycles. The van der Waals surface area contributed by atoms with Gasteiger partial charge in [-0.1, -0.05) is 48.5 Å². The van der Waals surface area contributed by atoms with Crippen LogP contribution in [0.15, 0.2) is 66.7 Å². The molecule has 0 amide bonds. The third-order valence-corrected chi connectivity index (χ3v) is 3.64. The van der Waals surface area contributed by atoms with Crippen LogP contribution in [0.25, 0.3) is 11.1 Å². The average Bonchev–Trinajstić information content (AvgIpc) is 2.63. The van der Waals surface area contributed by atoms with Gasteiger partial charge in [-0.15, -0.1) is 0 Å². The minimum absolute atomic E-state index is 0.175. The Hall–Kier alpha value is -3.28. The van der Waals surface area contributed by atoms with Crippen LogP contribution in [-0.2, 0) is 6.61 Å². The van der Waals surface area contributed by atoms with Gasteiger partial charge in [-0.05, 0) is 23.3 Å². The molecule has 3 rings (SSSR count). The van der Waals surface area contributed by atoms with Gasteiger partial charge in [0.25, 0.3) is 0 Å². The Kier molecular flexibility index (Phi) is 4.70. The number of rotatable bonds is 5. The lowest BCUT2D eigenvalue weighted by molar-refractivity contribution is -0.387. The lowest BCUT2D eigenvalue weighted by Gasteiger charge is -2.12. The van der Waals surface area contributed by atoms with Crippen molar-refractivity contribution in [1.29, 1.82) is 0 Å². The highest BCUT2D eigenvalue weighted by molar-refractivity contribution is 5.72. The molecule has 0 aliphatic rings. The second kappa shape index (κ2) is 7.09. The fourth-order valence-electron chi connectivity index (χ4n) is 2.43. The van der Waals surface area contributed by atoms with Crippen LogP contribution in [-0.4, -0.2) is 4.92 Å². The summed E-state index contributed by atoms with van der Waals surface area (Å²) in [7, 11) is 0. The molecule has 3 aromatic carbocycles. The zero-order valence-electron chi connectivity index (χ0n) is 13.0. The molecule has 0 unspecified atom stereocenters. The zero-order valence-corrected chi connectivity index (χ0v) is 13.0. The van der Waals surface area contributed by atoms with Crippen molar-refractivity contribution in [3.8, 4) is 16.9 Å². The fourth-order valence-corrected chi connectivity index (χ4v) is 2.43. The molecule has 0 aromatic heterocycles. The molecule has 25 heavy (non-hydrogen) atoms. The summed E-state index contributed by atoms with van der Waals surface area (Å²) in [5.41, 5.74) is 0.649. The Morgan fingerprint density at radius 2 is 1.64 bits per heavy atom. The van der Waals surface area contributed by atoms with Gasteiger partial charge in [0.1, 0.15) is 12.4 Å². The van der Waals surface area contributed by atoms with Crippen molar-refractivity contribution < 1.29 is 18.4 Å². The third-order valence-electron chi connectivity index (χ3n) is 3.64. The van der Waals surface area contributed by atoms with E-state index in [0.717, 1.165) is 17.7 Å². The first kappa shape index (κ1) is 16.6. The van der Waals surface area contributed by atoms with E-state index in [1.54, 1.807) is 24.3 Å². The minimum atomic E-state index is -1.48. The predicted molar refractivity (Wildman–Crippen MR) is 89.2 cm³/mol. The molecule has 0 saturated heterocycles. The summed E-state index contributed by atoms with van der Waals surface area (Å²) in [6, 6.07) is 18.1. The van der Waals surface area contributed by atoms with Gasteiger partial charge in [-0.3, -0.25) is 10.1 Å². The van der Waals surface area contributed by atoms with E-state index in [9.17, 15) is 18.9 Å². The summed E-state index contributed by atoms with van der Waals surface area (Å²) in [4.78, 5) is 9.97. The quantitative estimate of drug-likeness (QED) is 0.478. The molecule has 0 spiro atoms. The smallest absolute Gasteiger partial charge is 0.308 e. The summed E-state index contributed by atoms with van der Waals surface area (Å²) >= 11 is 0. The van der Waals surface area contributed by atoms with Crippen molar-refractivity contribution in [2.45, 2.75) is 6.61 Å². The lowest BCUT2D eigenvalue weighted by Crippen LogP contribution is -1.99. The number of ether oxygens (including phenoxy) is 1. The topological polar surface area (TPSA) is 52.4 Å². The molecular weight excluding hydrogens is 328 g/mol. The number of hydrogen-bond donors (Lipinski definition) is 0. The summed E-state index contributed by atoms with van der Waals surface area (Å²) in [6.45, 7) is 0.281. The molecule has 0 N–H and O–H groups in total. The second-order valence-electron chi connectivity index (χ2n) is 5.32. The van der Waals surface area contributed by atoms with E-state index in [0.29, 0.717) is 11.3 Å². The first-order chi connectivity index (χ1) is 12.1. The van der Waals surface area contributed by atoms with Crippen LogP contribution < -0.4 is 4.74 Å². The van der Waals surface area contributed by atoms with E-state index < -0.39 is 22.2 Å². The van der Waals surface area contributed by atoms with Gasteiger partial charge in [-0.25, -0.2) is 4.39 Å². The Balaban J connectivity index is 1.97. The number of halogens is 2. The monoisotopic (exact) mass is 341 g/mol. The molecule has 0 aliphatic heterocycles. The standard InChI is InChI=1S/C19H13F2NO3/c20-16-10-14(11-17(19(16)21)22(23)24)15-8-4-5-9-18(15)25-12-13-6-2-1-3-7-13/h1-11H,12H2. The summed E-state index contributed by atoms with van der Waals surface area (Å²) in [5.74, 6) is -2.33. The van der Waals surface area contributed by atoms with Crippen molar-refractivity contribution in [3.05, 3.63) is 94.0 Å². The highest BCUT2D eigenvalue weighted by atomic mass is 19.2. The van der Waals surface area contributed by atoms with Crippen molar-refractivity contribution in [1.82, 2.24) is 0 Å². The molecule has 126 valence electrons. The Morgan fingerprint density at radius 1 is 0.960 bits per heavy atom. The van der Waals surface area contributed by atoms with Crippen molar-refractivity contribution in [2.24, 2.45) is 0 Å². The Bertz CT molecular complexity index is 914. The average molecular weight is 341 g/mol. The Morgan fingerprint density at radius 3 is 2.36 bits per heavy atom. The van der Waals surface area contributed by atoms with Crippen LogP contribution in [0.2, 0.25) is 0 Å². The van der Waals surface area contributed by atoms with Gasteiger partial charge in [0.2, 0.25) is 5.82 Å². The van der Waals surface area contributed by atoms with Gasteiger partial charge in [-0.2, -0.15) is 4.39 Å². The van der Waals surface area contributed by atoms with E-state index in [-0.39, 0.29) is 12.2 Å². The zero-order chi connectivity index (χ0) is 17.8. The summed E-state index contributed by atoms with van der Waals surface area (Å²) in [6.07, 6.45) is 0. The number of hydrogen-bond acceptors (Lipinski definition) is 3. The van der Waals surface area contributed by atoms with Gasteiger partial charge >= 0.3 is 5.69 Å². The number of para-hydroxylation sites is 1. The molecule has 4 nitrogen and oxygen atoms in total. The molecule has 0 atom stereocenters. The third kappa shape index (κ3) is 3.63. The number of nitrogens with zero attached hydrogens (tertiary/aromatic N) is 1. The number of nitro benzene ring substituents is 1.